The fourth-order valence-corrected chi connectivity index (χ4v) is 5.83. The van der Waals surface area contributed by atoms with E-state index in [0.717, 1.165) is 12.1 Å². The molecule has 0 saturated carbocycles. The van der Waals surface area contributed by atoms with Gasteiger partial charge in [-0.15, -0.1) is 0 Å². The second kappa shape index (κ2) is 11.6. The minimum absolute atomic E-state index is 0.0320. The molecule has 11 heteroatoms. The van der Waals surface area contributed by atoms with Crippen molar-refractivity contribution in [3.8, 4) is 11.5 Å². The van der Waals surface area contributed by atoms with Gasteiger partial charge in [-0.25, -0.2) is 17.2 Å². The number of benzene rings is 3. The summed E-state index contributed by atoms with van der Waals surface area (Å²) in [6.45, 7) is 0.785. The van der Waals surface area contributed by atoms with Crippen molar-refractivity contribution in [3.63, 3.8) is 0 Å². The topological polar surface area (TPSA) is 74.3 Å². The molecular weight excluding hydrogens is 528 g/mol. The summed E-state index contributed by atoms with van der Waals surface area (Å²) in [5.41, 5.74) is 0.352. The van der Waals surface area contributed by atoms with E-state index in [0.29, 0.717) is 29.5 Å². The Balaban J connectivity index is 1.81. The summed E-state index contributed by atoms with van der Waals surface area (Å²) in [5.74, 6) is -0.889. The van der Waals surface area contributed by atoms with Crippen molar-refractivity contribution in [1.29, 1.82) is 0 Å². The third kappa shape index (κ3) is 5.98. The van der Waals surface area contributed by atoms with Gasteiger partial charge in [0.15, 0.2) is 17.8 Å². The van der Waals surface area contributed by atoms with Gasteiger partial charge in [-0.05, 0) is 48.0 Å². The summed E-state index contributed by atoms with van der Waals surface area (Å²) in [6.07, 6.45) is -0.575. The SMILES string of the molecule is COc1ccc(S(=O)(=O)N(CCC2OCCO2)c2ccc(Cl)cc2Cc2c(F)cccc2F)cc1OC. The molecule has 0 aliphatic carbocycles. The molecule has 0 aromatic heterocycles. The lowest BCUT2D eigenvalue weighted by Crippen LogP contribution is -2.34. The van der Waals surface area contributed by atoms with Crippen LogP contribution >= 0.6 is 11.6 Å². The normalized spacial score (nSPS) is 14.1. The van der Waals surface area contributed by atoms with Gasteiger partial charge in [-0.1, -0.05) is 17.7 Å². The van der Waals surface area contributed by atoms with Crippen molar-refractivity contribution in [2.75, 3.05) is 38.3 Å². The van der Waals surface area contributed by atoms with Crippen LogP contribution in [0.15, 0.2) is 59.5 Å². The highest BCUT2D eigenvalue weighted by molar-refractivity contribution is 7.92. The summed E-state index contributed by atoms with van der Waals surface area (Å²) in [4.78, 5) is -0.0589. The Morgan fingerprint density at radius 2 is 1.65 bits per heavy atom. The van der Waals surface area contributed by atoms with Crippen LogP contribution in [0.1, 0.15) is 17.5 Å². The molecule has 3 aromatic carbocycles. The fourth-order valence-electron chi connectivity index (χ4n) is 4.10. The monoisotopic (exact) mass is 553 g/mol. The molecule has 0 N–H and O–H groups in total. The zero-order chi connectivity index (χ0) is 26.6. The van der Waals surface area contributed by atoms with E-state index in [4.69, 9.17) is 30.5 Å². The Hall–Kier alpha value is -2.92. The van der Waals surface area contributed by atoms with Crippen LogP contribution in [0.5, 0.6) is 11.5 Å². The molecule has 1 saturated heterocycles. The van der Waals surface area contributed by atoms with E-state index >= 15 is 0 Å². The fraction of sp³-hybridized carbons (Fsp3) is 0.308. The molecule has 1 heterocycles. The molecule has 0 amide bonds. The van der Waals surface area contributed by atoms with Gasteiger partial charge in [0.1, 0.15) is 11.6 Å². The van der Waals surface area contributed by atoms with Crippen LogP contribution in [-0.4, -0.2) is 48.7 Å². The number of rotatable bonds is 10. The lowest BCUT2D eigenvalue weighted by atomic mass is 10.0. The van der Waals surface area contributed by atoms with Crippen LogP contribution in [0.3, 0.4) is 0 Å². The van der Waals surface area contributed by atoms with E-state index in [9.17, 15) is 17.2 Å². The number of nitrogens with zero attached hydrogens (tertiary/aromatic N) is 1. The molecule has 7 nitrogen and oxygen atoms in total. The van der Waals surface area contributed by atoms with E-state index in [1.54, 1.807) is 0 Å². The maximum absolute atomic E-state index is 14.5. The predicted octanol–water partition coefficient (Wildman–Crippen LogP) is 5.18. The number of halogens is 3. The first kappa shape index (κ1) is 27.1. The van der Waals surface area contributed by atoms with Gasteiger partial charge >= 0.3 is 0 Å². The average molecular weight is 554 g/mol. The van der Waals surface area contributed by atoms with Gasteiger partial charge in [-0.2, -0.15) is 0 Å². The molecule has 0 radical (unpaired) electrons. The summed E-state index contributed by atoms with van der Waals surface area (Å²) in [5, 5.41) is 0.293. The van der Waals surface area contributed by atoms with E-state index in [2.05, 4.69) is 0 Å². The third-order valence-corrected chi connectivity index (χ3v) is 7.99. The highest BCUT2D eigenvalue weighted by Crippen LogP contribution is 2.35. The number of hydrogen-bond acceptors (Lipinski definition) is 6. The van der Waals surface area contributed by atoms with E-state index in [1.807, 2.05) is 0 Å². The highest BCUT2D eigenvalue weighted by Gasteiger charge is 2.30. The predicted molar refractivity (Wildman–Crippen MR) is 135 cm³/mol. The van der Waals surface area contributed by atoms with Crippen LogP contribution in [0.2, 0.25) is 5.02 Å². The zero-order valence-corrected chi connectivity index (χ0v) is 21.8. The van der Waals surface area contributed by atoms with E-state index < -0.39 is 27.9 Å². The molecule has 1 fully saturated rings. The summed E-state index contributed by atoms with van der Waals surface area (Å²) in [6, 6.07) is 12.4. The van der Waals surface area contributed by atoms with Gasteiger partial charge in [0.2, 0.25) is 0 Å². The quantitative estimate of drug-likeness (QED) is 0.344. The second-order valence-corrected chi connectivity index (χ2v) is 10.5. The minimum atomic E-state index is -4.20. The first-order valence-electron chi connectivity index (χ1n) is 11.4. The molecular formula is C26H26ClF2NO6S. The highest BCUT2D eigenvalue weighted by atomic mass is 35.5. The Bertz CT molecular complexity index is 1340. The van der Waals surface area contributed by atoms with Gasteiger partial charge in [0.25, 0.3) is 10.0 Å². The van der Waals surface area contributed by atoms with Crippen molar-refractivity contribution in [2.24, 2.45) is 0 Å². The Kier molecular flexibility index (Phi) is 8.53. The van der Waals surface area contributed by atoms with Crippen LogP contribution in [-0.2, 0) is 25.9 Å². The van der Waals surface area contributed by atoms with E-state index in [-0.39, 0.29) is 41.3 Å². The van der Waals surface area contributed by atoms with Crippen LogP contribution in [0.4, 0.5) is 14.5 Å². The van der Waals surface area contributed by atoms with Crippen molar-refractivity contribution in [1.82, 2.24) is 0 Å². The molecule has 0 spiro atoms. The lowest BCUT2D eigenvalue weighted by molar-refractivity contribution is -0.0444. The molecule has 0 atom stereocenters. The molecule has 37 heavy (non-hydrogen) atoms. The van der Waals surface area contributed by atoms with Crippen molar-refractivity contribution < 1.29 is 36.1 Å². The smallest absolute Gasteiger partial charge is 0.264 e. The molecule has 0 unspecified atom stereocenters. The van der Waals surface area contributed by atoms with Crippen LogP contribution < -0.4 is 13.8 Å². The Morgan fingerprint density at radius 1 is 0.973 bits per heavy atom. The van der Waals surface area contributed by atoms with Gasteiger partial charge in [0, 0.05) is 36.0 Å². The van der Waals surface area contributed by atoms with Crippen LogP contribution in [0, 0.1) is 11.6 Å². The van der Waals surface area contributed by atoms with Crippen LogP contribution in [0.25, 0.3) is 0 Å². The first-order chi connectivity index (χ1) is 17.7. The molecule has 1 aliphatic rings. The standard InChI is InChI=1S/C26H26ClF2NO6S/c1-33-24-9-7-19(16-25(24)34-2)37(31,32)30(11-10-26-35-12-13-36-26)23-8-6-18(27)14-17(23)15-20-21(28)4-3-5-22(20)29/h3-9,14,16,26H,10-13,15H2,1-2H3. The first-order valence-corrected chi connectivity index (χ1v) is 13.3. The lowest BCUT2D eigenvalue weighted by Gasteiger charge is -2.28. The molecule has 4 rings (SSSR count). The number of sulfonamides is 1. The third-order valence-electron chi connectivity index (χ3n) is 5.94. The van der Waals surface area contributed by atoms with Gasteiger partial charge in [-0.3, -0.25) is 4.31 Å². The van der Waals surface area contributed by atoms with Crippen molar-refractivity contribution in [2.45, 2.75) is 24.0 Å². The summed E-state index contributed by atoms with van der Waals surface area (Å²) >= 11 is 6.23. The second-order valence-electron chi connectivity index (χ2n) is 8.20. The summed E-state index contributed by atoms with van der Waals surface area (Å²) in [7, 11) is -1.35. The number of hydrogen-bond donors (Lipinski definition) is 0. The maximum Gasteiger partial charge on any atom is 0.264 e. The molecule has 3 aromatic rings. The molecule has 1 aliphatic heterocycles. The molecule has 0 bridgehead atoms. The summed E-state index contributed by atoms with van der Waals surface area (Å²) < 4.78 is 79.7. The number of anilines is 1. The minimum Gasteiger partial charge on any atom is -0.493 e. The number of ether oxygens (including phenoxy) is 4. The van der Waals surface area contributed by atoms with Gasteiger partial charge in [0.05, 0.1) is 38.0 Å². The average Bonchev–Trinajstić information content (AvgIpc) is 3.40. The number of methoxy groups -OCH3 is 2. The zero-order valence-electron chi connectivity index (χ0n) is 20.2. The Labute approximate surface area is 219 Å². The Morgan fingerprint density at radius 3 is 2.30 bits per heavy atom. The van der Waals surface area contributed by atoms with Crippen molar-refractivity contribution >= 4 is 27.3 Å². The van der Waals surface area contributed by atoms with E-state index in [1.165, 1.54) is 61.0 Å². The molecule has 198 valence electrons. The largest absolute Gasteiger partial charge is 0.493 e. The van der Waals surface area contributed by atoms with Gasteiger partial charge < -0.3 is 18.9 Å². The van der Waals surface area contributed by atoms with Crippen molar-refractivity contribution in [3.05, 3.63) is 82.4 Å². The maximum atomic E-state index is 14.5.